The highest BCUT2D eigenvalue weighted by atomic mass is 16.5. The minimum atomic E-state index is 0.452. The molecular weight excluding hydrogens is 200 g/mol. The zero-order chi connectivity index (χ0) is 11.4. The molecule has 1 unspecified atom stereocenters. The number of benzene rings is 1. The van der Waals surface area contributed by atoms with Crippen molar-refractivity contribution in [3.05, 3.63) is 29.8 Å². The summed E-state index contributed by atoms with van der Waals surface area (Å²) in [6.07, 6.45) is 0.945. The third kappa shape index (κ3) is 2.36. The normalized spacial score (nSPS) is 21.1. The Morgan fingerprint density at radius 3 is 3.00 bits per heavy atom. The van der Waals surface area contributed by atoms with E-state index in [-0.39, 0.29) is 0 Å². The summed E-state index contributed by atoms with van der Waals surface area (Å²) in [5.74, 6) is 0. The van der Waals surface area contributed by atoms with Crippen LogP contribution in [0.4, 0.5) is 5.69 Å². The van der Waals surface area contributed by atoms with E-state index in [1.54, 1.807) is 0 Å². The van der Waals surface area contributed by atoms with Gasteiger partial charge >= 0.3 is 0 Å². The third-order valence-corrected chi connectivity index (χ3v) is 3.08. The molecule has 1 fully saturated rings. The van der Waals surface area contributed by atoms with Crippen molar-refractivity contribution >= 4 is 5.69 Å². The second-order valence-electron chi connectivity index (χ2n) is 4.28. The van der Waals surface area contributed by atoms with Gasteiger partial charge in [0.25, 0.3) is 0 Å². The summed E-state index contributed by atoms with van der Waals surface area (Å²) in [7, 11) is 0. The molecule has 0 bridgehead atoms. The predicted molar refractivity (Wildman–Crippen MR) is 66.8 cm³/mol. The lowest BCUT2D eigenvalue weighted by Gasteiger charge is -2.36. The number of hydrogen-bond acceptors (Lipinski definition) is 3. The van der Waals surface area contributed by atoms with Crippen LogP contribution < -0.4 is 10.6 Å². The molecule has 3 nitrogen and oxygen atoms in total. The lowest BCUT2D eigenvalue weighted by atomic mass is 10.1. The molecule has 1 aliphatic rings. The van der Waals surface area contributed by atoms with E-state index in [1.807, 2.05) is 0 Å². The van der Waals surface area contributed by atoms with E-state index >= 15 is 0 Å². The Morgan fingerprint density at radius 2 is 2.25 bits per heavy atom. The zero-order valence-electron chi connectivity index (χ0n) is 9.86. The van der Waals surface area contributed by atoms with Gasteiger partial charge in [0.05, 0.1) is 13.2 Å². The van der Waals surface area contributed by atoms with Crippen molar-refractivity contribution in [1.29, 1.82) is 0 Å². The molecule has 0 aliphatic carbocycles. The Hall–Kier alpha value is -1.06. The van der Waals surface area contributed by atoms with Crippen molar-refractivity contribution in [3.8, 4) is 0 Å². The van der Waals surface area contributed by atoms with Crippen LogP contribution in [0.5, 0.6) is 0 Å². The second kappa shape index (κ2) is 5.32. The Balaban J connectivity index is 2.23. The predicted octanol–water partition coefficient (Wildman–Crippen LogP) is 1.41. The molecule has 0 aromatic heterocycles. The molecule has 16 heavy (non-hydrogen) atoms. The van der Waals surface area contributed by atoms with Crippen molar-refractivity contribution in [2.75, 3.05) is 31.2 Å². The number of nitrogens with zero attached hydrogens (tertiary/aromatic N) is 1. The van der Waals surface area contributed by atoms with Crippen LogP contribution in [0.25, 0.3) is 0 Å². The summed E-state index contributed by atoms with van der Waals surface area (Å²) in [5, 5.41) is 0. The summed E-state index contributed by atoms with van der Waals surface area (Å²) in [6, 6.07) is 8.99. The SMILES string of the molecule is CC1COCCN1c1ccccc1CCN. The molecule has 1 aliphatic heterocycles. The second-order valence-corrected chi connectivity index (χ2v) is 4.28. The van der Waals surface area contributed by atoms with Crippen LogP contribution in [0, 0.1) is 0 Å². The molecule has 88 valence electrons. The van der Waals surface area contributed by atoms with Crippen LogP contribution in [0.3, 0.4) is 0 Å². The van der Waals surface area contributed by atoms with Crippen molar-refractivity contribution in [2.24, 2.45) is 5.73 Å². The standard InChI is InChI=1S/C13H20N2O/c1-11-10-16-9-8-15(11)13-5-3-2-4-12(13)6-7-14/h2-5,11H,6-10,14H2,1H3. The first-order valence-electron chi connectivity index (χ1n) is 5.95. The van der Waals surface area contributed by atoms with Gasteiger partial charge in [-0.05, 0) is 31.5 Å². The van der Waals surface area contributed by atoms with Gasteiger partial charge in [0.15, 0.2) is 0 Å². The number of para-hydroxylation sites is 1. The number of anilines is 1. The van der Waals surface area contributed by atoms with E-state index in [1.165, 1.54) is 11.3 Å². The highest BCUT2D eigenvalue weighted by Gasteiger charge is 2.20. The number of rotatable bonds is 3. The number of nitrogens with two attached hydrogens (primary N) is 1. The average molecular weight is 220 g/mol. The van der Waals surface area contributed by atoms with Gasteiger partial charge < -0.3 is 15.4 Å². The van der Waals surface area contributed by atoms with Gasteiger partial charge in [-0.15, -0.1) is 0 Å². The molecule has 1 atom stereocenters. The van der Waals surface area contributed by atoms with E-state index in [2.05, 4.69) is 36.1 Å². The van der Waals surface area contributed by atoms with Crippen LogP contribution in [0.15, 0.2) is 24.3 Å². The maximum absolute atomic E-state index is 5.65. The van der Waals surface area contributed by atoms with E-state index in [9.17, 15) is 0 Å². The molecule has 2 N–H and O–H groups in total. The van der Waals surface area contributed by atoms with Gasteiger partial charge in [-0.3, -0.25) is 0 Å². The first-order chi connectivity index (χ1) is 7.83. The van der Waals surface area contributed by atoms with Crippen LogP contribution in [-0.4, -0.2) is 32.3 Å². The quantitative estimate of drug-likeness (QED) is 0.837. The maximum atomic E-state index is 5.65. The van der Waals surface area contributed by atoms with Gasteiger partial charge in [-0.25, -0.2) is 0 Å². The van der Waals surface area contributed by atoms with Crippen LogP contribution in [-0.2, 0) is 11.2 Å². The van der Waals surface area contributed by atoms with Crippen LogP contribution >= 0.6 is 0 Å². The van der Waals surface area contributed by atoms with Gasteiger partial charge in [-0.2, -0.15) is 0 Å². The molecule has 1 heterocycles. The Bertz CT molecular complexity index is 340. The summed E-state index contributed by atoms with van der Waals surface area (Å²) < 4.78 is 5.47. The van der Waals surface area contributed by atoms with E-state index in [0.717, 1.165) is 26.2 Å². The first-order valence-corrected chi connectivity index (χ1v) is 5.95. The molecule has 0 spiro atoms. The summed E-state index contributed by atoms with van der Waals surface area (Å²) >= 11 is 0. The van der Waals surface area contributed by atoms with Gasteiger partial charge in [0.1, 0.15) is 0 Å². The lowest BCUT2D eigenvalue weighted by Crippen LogP contribution is -2.44. The molecule has 0 amide bonds. The molecule has 1 aromatic rings. The fourth-order valence-electron chi connectivity index (χ4n) is 2.24. The Morgan fingerprint density at radius 1 is 1.44 bits per heavy atom. The summed E-state index contributed by atoms with van der Waals surface area (Å²) in [5.41, 5.74) is 8.32. The zero-order valence-corrected chi connectivity index (χ0v) is 9.86. The largest absolute Gasteiger partial charge is 0.377 e. The summed E-state index contributed by atoms with van der Waals surface area (Å²) in [4.78, 5) is 2.43. The van der Waals surface area contributed by atoms with E-state index < -0.39 is 0 Å². The number of hydrogen-bond donors (Lipinski definition) is 1. The van der Waals surface area contributed by atoms with Crippen molar-refractivity contribution in [3.63, 3.8) is 0 Å². The maximum Gasteiger partial charge on any atom is 0.0668 e. The molecule has 0 radical (unpaired) electrons. The van der Waals surface area contributed by atoms with Crippen LogP contribution in [0.2, 0.25) is 0 Å². The first kappa shape index (κ1) is 11.4. The highest BCUT2D eigenvalue weighted by molar-refractivity contribution is 5.54. The molecule has 1 aromatic carbocycles. The van der Waals surface area contributed by atoms with E-state index in [0.29, 0.717) is 12.6 Å². The summed E-state index contributed by atoms with van der Waals surface area (Å²) in [6.45, 7) is 5.52. The molecular formula is C13H20N2O. The van der Waals surface area contributed by atoms with E-state index in [4.69, 9.17) is 10.5 Å². The topological polar surface area (TPSA) is 38.5 Å². The smallest absolute Gasteiger partial charge is 0.0668 e. The fourth-order valence-corrected chi connectivity index (χ4v) is 2.24. The van der Waals surface area contributed by atoms with Crippen molar-refractivity contribution < 1.29 is 4.74 Å². The lowest BCUT2D eigenvalue weighted by molar-refractivity contribution is 0.0989. The van der Waals surface area contributed by atoms with Crippen molar-refractivity contribution in [2.45, 2.75) is 19.4 Å². The average Bonchev–Trinajstić information content (AvgIpc) is 2.31. The molecule has 1 saturated heterocycles. The Kier molecular flexibility index (Phi) is 3.80. The van der Waals surface area contributed by atoms with Crippen molar-refractivity contribution in [1.82, 2.24) is 0 Å². The number of ether oxygens (including phenoxy) is 1. The Labute approximate surface area is 97.2 Å². The minimum absolute atomic E-state index is 0.452. The minimum Gasteiger partial charge on any atom is -0.377 e. The molecule has 2 rings (SSSR count). The van der Waals surface area contributed by atoms with Crippen LogP contribution in [0.1, 0.15) is 12.5 Å². The van der Waals surface area contributed by atoms with Gasteiger partial charge in [0.2, 0.25) is 0 Å². The van der Waals surface area contributed by atoms with Gasteiger partial charge in [0, 0.05) is 18.3 Å². The van der Waals surface area contributed by atoms with Gasteiger partial charge in [-0.1, -0.05) is 18.2 Å². The fraction of sp³-hybridized carbons (Fsp3) is 0.538. The third-order valence-electron chi connectivity index (χ3n) is 3.08. The number of morpholine rings is 1. The molecule has 0 saturated carbocycles. The highest BCUT2D eigenvalue weighted by Crippen LogP contribution is 2.24. The molecule has 3 heteroatoms. The monoisotopic (exact) mass is 220 g/mol.